The molecule has 1 aromatic carbocycles. The van der Waals surface area contributed by atoms with Crippen LogP contribution in [0.2, 0.25) is 0 Å². The van der Waals surface area contributed by atoms with Gasteiger partial charge in [0, 0.05) is 40.3 Å². The van der Waals surface area contributed by atoms with Crippen molar-refractivity contribution in [2.75, 3.05) is 12.4 Å². The maximum absolute atomic E-state index is 12.6. The van der Waals surface area contributed by atoms with Crippen molar-refractivity contribution in [1.82, 2.24) is 9.55 Å². The fraction of sp³-hybridized carbons (Fsp3) is 0.100. The van der Waals surface area contributed by atoms with E-state index in [0.29, 0.717) is 11.3 Å². The van der Waals surface area contributed by atoms with Gasteiger partial charge in [0.2, 0.25) is 0 Å². The molecule has 3 rings (SSSR count). The Morgan fingerprint density at radius 2 is 1.96 bits per heavy atom. The van der Waals surface area contributed by atoms with Gasteiger partial charge in [0.25, 0.3) is 11.5 Å². The summed E-state index contributed by atoms with van der Waals surface area (Å²) in [6.45, 7) is -0.232. The zero-order valence-electron chi connectivity index (χ0n) is 14.9. The number of rotatable bonds is 5. The van der Waals surface area contributed by atoms with Crippen LogP contribution >= 0.6 is 15.9 Å². The number of hydrogen-bond acceptors (Lipinski definition) is 5. The van der Waals surface area contributed by atoms with Gasteiger partial charge in [-0.3, -0.25) is 19.4 Å². The second-order valence-corrected chi connectivity index (χ2v) is 6.80. The lowest BCUT2D eigenvalue weighted by atomic mass is 10.0. The number of nitrogens with zero attached hydrogens (tertiary/aromatic N) is 2. The van der Waals surface area contributed by atoms with E-state index in [1.807, 2.05) is 12.1 Å². The smallest absolute Gasteiger partial charge is 0.325 e. The van der Waals surface area contributed by atoms with E-state index in [0.717, 1.165) is 15.6 Å². The minimum absolute atomic E-state index is 0.232. The van der Waals surface area contributed by atoms with Gasteiger partial charge in [-0.25, -0.2) is 0 Å². The monoisotopic (exact) mass is 441 g/mol. The molecule has 7 nitrogen and oxygen atoms in total. The highest BCUT2D eigenvalue weighted by molar-refractivity contribution is 9.10. The second kappa shape index (κ2) is 8.62. The predicted octanol–water partition coefficient (Wildman–Crippen LogP) is 3.10. The number of nitrogens with one attached hydrogen (secondary N) is 1. The van der Waals surface area contributed by atoms with E-state index in [1.54, 1.807) is 30.6 Å². The van der Waals surface area contributed by atoms with Gasteiger partial charge < -0.3 is 14.6 Å². The van der Waals surface area contributed by atoms with Gasteiger partial charge in [-0.05, 0) is 45.8 Å². The van der Waals surface area contributed by atoms with Crippen LogP contribution in [-0.4, -0.2) is 28.5 Å². The van der Waals surface area contributed by atoms with Crippen LogP contribution in [0.4, 0.5) is 5.69 Å². The lowest BCUT2D eigenvalue weighted by molar-refractivity contribution is -0.141. The van der Waals surface area contributed by atoms with Crippen LogP contribution < -0.4 is 10.9 Å². The van der Waals surface area contributed by atoms with E-state index in [1.165, 1.54) is 30.0 Å². The van der Waals surface area contributed by atoms with Gasteiger partial charge >= 0.3 is 5.97 Å². The number of benzene rings is 1. The third-order valence-corrected chi connectivity index (χ3v) is 4.37. The summed E-state index contributed by atoms with van der Waals surface area (Å²) in [6, 6.07) is 11.8. The molecule has 0 radical (unpaired) electrons. The average Bonchev–Trinajstić information content (AvgIpc) is 2.70. The Morgan fingerprint density at radius 3 is 2.71 bits per heavy atom. The lowest BCUT2D eigenvalue weighted by Gasteiger charge is -2.10. The van der Waals surface area contributed by atoms with Crippen molar-refractivity contribution in [1.29, 1.82) is 0 Å². The van der Waals surface area contributed by atoms with Gasteiger partial charge in [-0.15, -0.1) is 0 Å². The Balaban J connectivity index is 1.82. The van der Waals surface area contributed by atoms with Crippen LogP contribution in [0, 0.1) is 0 Å². The Bertz CT molecular complexity index is 1090. The zero-order valence-corrected chi connectivity index (χ0v) is 16.5. The minimum Gasteiger partial charge on any atom is -0.468 e. The first-order valence-electron chi connectivity index (χ1n) is 8.26. The molecule has 8 heteroatoms. The maximum Gasteiger partial charge on any atom is 0.325 e. The quantitative estimate of drug-likeness (QED) is 0.614. The number of methoxy groups -OCH3 is 1. The summed E-state index contributed by atoms with van der Waals surface area (Å²) < 4.78 is 6.58. The SMILES string of the molecule is COC(=O)Cn1cc(NC(=O)c2cccc(-c3cncc(Br)c3)c2)ccc1=O. The molecule has 0 aliphatic heterocycles. The van der Waals surface area contributed by atoms with E-state index >= 15 is 0 Å². The molecule has 0 fully saturated rings. The molecule has 142 valence electrons. The molecular formula is C20H16BrN3O4. The van der Waals surface area contributed by atoms with Crippen LogP contribution in [0.3, 0.4) is 0 Å². The molecule has 1 amide bonds. The number of carbonyl (C=O) groups is 2. The molecular weight excluding hydrogens is 426 g/mol. The number of anilines is 1. The summed E-state index contributed by atoms with van der Waals surface area (Å²) in [5.74, 6) is -0.894. The minimum atomic E-state index is -0.555. The van der Waals surface area contributed by atoms with E-state index in [4.69, 9.17) is 0 Å². The molecule has 0 aliphatic rings. The van der Waals surface area contributed by atoms with Crippen LogP contribution in [0.1, 0.15) is 10.4 Å². The highest BCUT2D eigenvalue weighted by atomic mass is 79.9. The van der Waals surface area contributed by atoms with E-state index in [9.17, 15) is 14.4 Å². The largest absolute Gasteiger partial charge is 0.468 e. The fourth-order valence-corrected chi connectivity index (χ4v) is 2.91. The summed E-state index contributed by atoms with van der Waals surface area (Å²) in [6.07, 6.45) is 4.80. The van der Waals surface area contributed by atoms with Crippen molar-refractivity contribution in [3.63, 3.8) is 0 Å². The maximum atomic E-state index is 12.6. The fourth-order valence-electron chi connectivity index (χ4n) is 2.55. The number of pyridine rings is 2. The van der Waals surface area contributed by atoms with Crippen molar-refractivity contribution in [3.8, 4) is 11.1 Å². The topological polar surface area (TPSA) is 90.3 Å². The first kappa shape index (κ1) is 19.5. The van der Waals surface area contributed by atoms with E-state index in [2.05, 4.69) is 31.0 Å². The van der Waals surface area contributed by atoms with Gasteiger partial charge in [0.1, 0.15) is 6.54 Å². The summed E-state index contributed by atoms with van der Waals surface area (Å²) in [5.41, 5.74) is 2.19. The number of esters is 1. The van der Waals surface area contributed by atoms with Crippen LogP contribution in [0.15, 0.2) is 70.3 Å². The standard InChI is InChI=1S/C20H16BrN3O4/c1-28-19(26)12-24-11-17(5-6-18(24)25)23-20(27)14-4-2-3-13(7-14)15-8-16(21)10-22-9-15/h2-11H,12H2,1H3,(H,23,27). The molecule has 0 saturated carbocycles. The first-order valence-corrected chi connectivity index (χ1v) is 9.05. The first-order chi connectivity index (χ1) is 13.5. The molecule has 0 unspecified atom stereocenters. The van der Waals surface area contributed by atoms with Crippen molar-refractivity contribution in [2.45, 2.75) is 6.54 Å². The van der Waals surface area contributed by atoms with Gasteiger partial charge in [0.05, 0.1) is 12.8 Å². The number of halogens is 1. The molecule has 3 aromatic rings. The summed E-state index contributed by atoms with van der Waals surface area (Å²) in [4.78, 5) is 40.0. The average molecular weight is 442 g/mol. The van der Waals surface area contributed by atoms with Gasteiger partial charge in [-0.1, -0.05) is 12.1 Å². The molecule has 0 bridgehead atoms. The summed E-state index contributed by atoms with van der Waals surface area (Å²) >= 11 is 3.38. The molecule has 2 aromatic heterocycles. The highest BCUT2D eigenvalue weighted by Gasteiger charge is 2.10. The summed E-state index contributed by atoms with van der Waals surface area (Å²) in [5, 5.41) is 2.73. The lowest BCUT2D eigenvalue weighted by Crippen LogP contribution is -2.24. The van der Waals surface area contributed by atoms with E-state index in [-0.39, 0.29) is 18.0 Å². The number of carbonyl (C=O) groups excluding carboxylic acids is 2. The molecule has 0 saturated heterocycles. The number of hydrogen-bond donors (Lipinski definition) is 1. The van der Waals surface area contributed by atoms with E-state index < -0.39 is 5.97 Å². The predicted molar refractivity (Wildman–Crippen MR) is 108 cm³/mol. The van der Waals surface area contributed by atoms with Crippen LogP contribution in [0.5, 0.6) is 0 Å². The zero-order chi connectivity index (χ0) is 20.1. The normalized spacial score (nSPS) is 10.4. The molecule has 0 aliphatic carbocycles. The molecule has 1 N–H and O–H groups in total. The Hall–Kier alpha value is -3.26. The molecule has 0 spiro atoms. The molecule has 2 heterocycles. The Kier molecular flexibility index (Phi) is 6.00. The molecule has 28 heavy (non-hydrogen) atoms. The van der Waals surface area contributed by atoms with Crippen molar-refractivity contribution >= 4 is 33.5 Å². The Labute approximate surface area is 169 Å². The number of amides is 1. The van der Waals surface area contributed by atoms with Gasteiger partial charge in [-0.2, -0.15) is 0 Å². The van der Waals surface area contributed by atoms with Crippen LogP contribution in [0.25, 0.3) is 11.1 Å². The van der Waals surface area contributed by atoms with Crippen LogP contribution in [-0.2, 0) is 16.1 Å². The van der Waals surface area contributed by atoms with Crippen molar-refractivity contribution in [2.24, 2.45) is 0 Å². The second-order valence-electron chi connectivity index (χ2n) is 5.89. The Morgan fingerprint density at radius 1 is 1.14 bits per heavy atom. The number of ether oxygens (including phenoxy) is 1. The third kappa shape index (κ3) is 4.72. The third-order valence-electron chi connectivity index (χ3n) is 3.93. The number of aromatic nitrogens is 2. The van der Waals surface area contributed by atoms with Crippen molar-refractivity contribution < 1.29 is 14.3 Å². The van der Waals surface area contributed by atoms with Crippen molar-refractivity contribution in [3.05, 3.63) is 81.4 Å². The molecule has 0 atom stereocenters. The highest BCUT2D eigenvalue weighted by Crippen LogP contribution is 2.23. The van der Waals surface area contributed by atoms with Gasteiger partial charge in [0.15, 0.2) is 0 Å². The summed E-state index contributed by atoms with van der Waals surface area (Å²) in [7, 11) is 1.24.